The van der Waals surface area contributed by atoms with Crippen molar-refractivity contribution in [1.29, 1.82) is 0 Å². The van der Waals surface area contributed by atoms with Crippen molar-refractivity contribution in [3.63, 3.8) is 0 Å². The van der Waals surface area contributed by atoms with Crippen LogP contribution >= 0.6 is 0 Å². The highest BCUT2D eigenvalue weighted by atomic mass is 16.6. The summed E-state index contributed by atoms with van der Waals surface area (Å²) >= 11 is 0. The van der Waals surface area contributed by atoms with E-state index in [1.54, 1.807) is 0 Å². The Bertz CT molecular complexity index is 512. The Morgan fingerprint density at radius 2 is 1.41 bits per heavy atom. The lowest BCUT2D eigenvalue weighted by atomic mass is 10.2. The third-order valence-corrected chi connectivity index (χ3v) is 1.87. The van der Waals surface area contributed by atoms with Gasteiger partial charge < -0.3 is 4.74 Å². The second-order valence-electron chi connectivity index (χ2n) is 2.76. The molecule has 0 spiro atoms. The fourth-order valence-electron chi connectivity index (χ4n) is 1.22. The molecule has 1 aromatic carbocycles. The lowest BCUT2D eigenvalue weighted by molar-refractivity contribution is -0.425. The highest BCUT2D eigenvalue weighted by molar-refractivity contribution is 5.69. The Morgan fingerprint density at radius 3 is 1.76 bits per heavy atom. The number of hydrogen-bond donors (Lipinski definition) is 0. The summed E-state index contributed by atoms with van der Waals surface area (Å²) in [6.07, 6.45) is 0. The first-order valence-corrected chi connectivity index (χ1v) is 4.04. The van der Waals surface area contributed by atoms with Crippen LogP contribution in [0.2, 0.25) is 0 Å². The number of methoxy groups -OCH3 is 1. The zero-order chi connectivity index (χ0) is 13.2. The molecule has 0 aliphatic rings. The topological polar surface area (TPSA) is 139 Å². The van der Waals surface area contributed by atoms with Gasteiger partial charge in [-0.25, -0.2) is 0 Å². The van der Waals surface area contributed by atoms with Gasteiger partial charge in [0.05, 0.1) is 21.9 Å². The van der Waals surface area contributed by atoms with Crippen LogP contribution in [0.1, 0.15) is 0 Å². The summed E-state index contributed by atoms with van der Waals surface area (Å²) in [5.74, 6) is -0.741. The lowest BCUT2D eigenvalue weighted by Gasteiger charge is -2.02. The molecule has 0 fully saturated rings. The number of nitro benzene ring substituents is 3. The van der Waals surface area contributed by atoms with Gasteiger partial charge in [-0.05, 0) is 0 Å². The van der Waals surface area contributed by atoms with Crippen molar-refractivity contribution in [2.45, 2.75) is 0 Å². The Morgan fingerprint density at radius 1 is 0.941 bits per heavy atom. The molecular weight excluding hydrogens is 238 g/mol. The van der Waals surface area contributed by atoms with E-state index in [0.717, 1.165) is 13.2 Å². The number of nitro groups is 3. The average Bonchev–Trinajstić information content (AvgIpc) is 2.26. The van der Waals surface area contributed by atoms with E-state index in [1.807, 2.05) is 0 Å². The number of rotatable bonds is 4. The van der Waals surface area contributed by atoms with Gasteiger partial charge in [0.1, 0.15) is 0 Å². The molecule has 0 unspecified atom stereocenters. The zero-order valence-corrected chi connectivity index (χ0v) is 8.35. The largest absolute Gasteiger partial charge is 0.485 e. The molecule has 1 rings (SSSR count). The van der Waals surface area contributed by atoms with Crippen molar-refractivity contribution in [2.24, 2.45) is 0 Å². The summed E-state index contributed by atoms with van der Waals surface area (Å²) in [5.41, 5.74) is -2.60. The van der Waals surface area contributed by atoms with Gasteiger partial charge in [0, 0.05) is 12.1 Å². The number of nitrogens with zero attached hydrogens (tertiary/aromatic N) is 3. The maximum absolute atomic E-state index is 10.7. The number of ether oxygens (including phenoxy) is 1. The molecule has 10 heteroatoms. The second-order valence-corrected chi connectivity index (χ2v) is 2.76. The molecule has 0 aromatic heterocycles. The molecule has 0 amide bonds. The predicted octanol–water partition coefficient (Wildman–Crippen LogP) is 1.42. The van der Waals surface area contributed by atoms with Crippen LogP contribution < -0.4 is 4.74 Å². The molecule has 0 heterocycles. The van der Waals surface area contributed by atoms with E-state index in [9.17, 15) is 30.3 Å². The van der Waals surface area contributed by atoms with Gasteiger partial charge in [0.2, 0.25) is 0 Å². The highest BCUT2D eigenvalue weighted by Gasteiger charge is 2.36. The van der Waals surface area contributed by atoms with E-state index < -0.39 is 37.6 Å². The van der Waals surface area contributed by atoms with Crippen LogP contribution in [0.4, 0.5) is 17.1 Å². The van der Waals surface area contributed by atoms with Crippen LogP contribution in [0, 0.1) is 30.3 Å². The lowest BCUT2D eigenvalue weighted by Crippen LogP contribution is -2.02. The van der Waals surface area contributed by atoms with E-state index in [-0.39, 0.29) is 0 Å². The third-order valence-electron chi connectivity index (χ3n) is 1.87. The third kappa shape index (κ3) is 2.09. The summed E-state index contributed by atoms with van der Waals surface area (Å²) < 4.78 is 4.50. The molecule has 90 valence electrons. The number of hydrogen-bond acceptors (Lipinski definition) is 7. The quantitative estimate of drug-likeness (QED) is 0.575. The van der Waals surface area contributed by atoms with Gasteiger partial charge in [-0.2, -0.15) is 0 Å². The molecular formula is C7H5N3O7. The SMILES string of the molecule is COc1c([N+](=O)[O-])ccc([N+](=O)[O-])c1[N+](=O)[O-]. The van der Waals surface area contributed by atoms with Crippen molar-refractivity contribution in [3.8, 4) is 5.75 Å². The summed E-state index contributed by atoms with van der Waals surface area (Å²) in [4.78, 5) is 28.8. The first-order chi connectivity index (χ1) is 7.90. The van der Waals surface area contributed by atoms with Crippen LogP contribution in [0.25, 0.3) is 0 Å². The molecule has 0 radical (unpaired) electrons. The summed E-state index contributed by atoms with van der Waals surface area (Å²) in [7, 11) is 0.957. The molecule has 0 bridgehead atoms. The Hall–Kier alpha value is -2.78. The van der Waals surface area contributed by atoms with Crippen LogP contribution in [-0.4, -0.2) is 21.9 Å². The van der Waals surface area contributed by atoms with Crippen LogP contribution in [0.3, 0.4) is 0 Å². The summed E-state index contributed by atoms with van der Waals surface area (Å²) in [6, 6.07) is 1.47. The molecule has 17 heavy (non-hydrogen) atoms. The van der Waals surface area contributed by atoms with Crippen molar-refractivity contribution in [3.05, 3.63) is 42.5 Å². The number of benzene rings is 1. The van der Waals surface area contributed by atoms with Crippen molar-refractivity contribution in [1.82, 2.24) is 0 Å². The monoisotopic (exact) mass is 243 g/mol. The van der Waals surface area contributed by atoms with E-state index in [2.05, 4.69) is 4.74 Å². The predicted molar refractivity (Wildman–Crippen MR) is 53.0 cm³/mol. The average molecular weight is 243 g/mol. The van der Waals surface area contributed by atoms with Gasteiger partial charge in [-0.1, -0.05) is 0 Å². The molecule has 0 atom stereocenters. The first-order valence-electron chi connectivity index (χ1n) is 4.04. The minimum Gasteiger partial charge on any atom is -0.485 e. The highest BCUT2D eigenvalue weighted by Crippen LogP contribution is 2.42. The van der Waals surface area contributed by atoms with Crippen molar-refractivity contribution >= 4 is 17.1 Å². The fraction of sp³-hybridized carbons (Fsp3) is 0.143. The van der Waals surface area contributed by atoms with Crippen molar-refractivity contribution < 1.29 is 19.5 Å². The van der Waals surface area contributed by atoms with Gasteiger partial charge in [-0.15, -0.1) is 0 Å². The van der Waals surface area contributed by atoms with Gasteiger partial charge in [0.15, 0.2) is 0 Å². The molecule has 1 aromatic rings. The first kappa shape index (κ1) is 12.3. The van der Waals surface area contributed by atoms with E-state index in [1.165, 1.54) is 0 Å². The molecule has 10 nitrogen and oxygen atoms in total. The zero-order valence-electron chi connectivity index (χ0n) is 8.35. The Kier molecular flexibility index (Phi) is 3.17. The van der Waals surface area contributed by atoms with Crippen LogP contribution in [0.15, 0.2) is 12.1 Å². The van der Waals surface area contributed by atoms with Gasteiger partial charge in [-0.3, -0.25) is 30.3 Å². The smallest absolute Gasteiger partial charge is 0.394 e. The Labute approximate surface area is 92.9 Å². The Balaban J connectivity index is 3.67. The van der Waals surface area contributed by atoms with Crippen LogP contribution in [0.5, 0.6) is 5.75 Å². The minimum absolute atomic E-state index is 0.693. The molecule has 0 saturated carbocycles. The molecule has 0 saturated heterocycles. The molecule has 0 N–H and O–H groups in total. The van der Waals surface area contributed by atoms with Gasteiger partial charge in [0.25, 0.3) is 5.75 Å². The maximum Gasteiger partial charge on any atom is 0.394 e. The molecule has 0 aliphatic carbocycles. The fourth-order valence-corrected chi connectivity index (χ4v) is 1.22. The van der Waals surface area contributed by atoms with Crippen molar-refractivity contribution in [2.75, 3.05) is 7.11 Å². The van der Waals surface area contributed by atoms with Crippen LogP contribution in [-0.2, 0) is 0 Å². The van der Waals surface area contributed by atoms with Gasteiger partial charge >= 0.3 is 17.1 Å². The van der Waals surface area contributed by atoms with E-state index >= 15 is 0 Å². The second kappa shape index (κ2) is 4.38. The normalized spacial score (nSPS) is 9.71. The molecule has 0 aliphatic heterocycles. The maximum atomic E-state index is 10.7. The van der Waals surface area contributed by atoms with E-state index in [4.69, 9.17) is 0 Å². The van der Waals surface area contributed by atoms with E-state index in [0.29, 0.717) is 6.07 Å². The standard InChI is InChI=1S/C7H5N3O7/c1-17-7-5(9(13)14)3-2-4(8(11)12)6(7)10(15)16/h2-3H,1H3. The summed E-state index contributed by atoms with van der Waals surface area (Å²) in [5, 5.41) is 31.8. The minimum atomic E-state index is -1.09. The summed E-state index contributed by atoms with van der Waals surface area (Å²) in [6.45, 7) is 0.